The van der Waals surface area contributed by atoms with E-state index in [9.17, 15) is 0 Å². The Labute approximate surface area is 147 Å². The Bertz CT molecular complexity index is 927. The van der Waals surface area contributed by atoms with Gasteiger partial charge in [0, 0.05) is 34.8 Å². The van der Waals surface area contributed by atoms with Crippen molar-refractivity contribution in [1.82, 2.24) is 4.57 Å². The summed E-state index contributed by atoms with van der Waals surface area (Å²) < 4.78 is 2.30. The monoisotopic (exact) mass is 336 g/mol. The van der Waals surface area contributed by atoms with E-state index in [-0.39, 0.29) is 5.54 Å². The number of fused-ring (bicyclic) bond motifs is 4. The number of para-hydroxylation sites is 1. The van der Waals surface area contributed by atoms with E-state index in [2.05, 4.69) is 66.9 Å². The Morgan fingerprint density at radius 3 is 2.62 bits per heavy atom. The lowest BCUT2D eigenvalue weighted by Gasteiger charge is -2.41. The van der Waals surface area contributed by atoms with Gasteiger partial charge in [-0.1, -0.05) is 31.0 Å². The van der Waals surface area contributed by atoms with Gasteiger partial charge in [0.1, 0.15) is 4.83 Å². The highest BCUT2D eigenvalue weighted by Gasteiger charge is 2.52. The predicted molar refractivity (Wildman–Crippen MR) is 103 cm³/mol. The fraction of sp³-hybridized carbons (Fsp3) is 0.429. The Kier molecular flexibility index (Phi) is 2.97. The Morgan fingerprint density at radius 2 is 1.88 bits per heavy atom. The zero-order chi connectivity index (χ0) is 16.5. The molecule has 0 saturated heterocycles. The molecule has 2 nitrogen and oxygen atoms in total. The largest absolute Gasteiger partial charge is 0.354 e. The molecule has 0 amide bonds. The molecule has 1 fully saturated rings. The second-order valence-electron chi connectivity index (χ2n) is 7.56. The standard InChI is InChI=1S/C21H24N2S/c1-14-8-4-5-9-17(14)23-15(2)19-18(21(23)11-6-7-12-21)16-10-13-22(3)20(16)24-19/h4-5,8-10,13,15H,6-7,11-12H2,1-3H3/t15-/m0/s1. The van der Waals surface area contributed by atoms with Gasteiger partial charge in [0.2, 0.25) is 0 Å². The van der Waals surface area contributed by atoms with Gasteiger partial charge in [0.25, 0.3) is 0 Å². The zero-order valence-electron chi connectivity index (χ0n) is 14.7. The van der Waals surface area contributed by atoms with Crippen molar-refractivity contribution in [2.75, 3.05) is 4.90 Å². The van der Waals surface area contributed by atoms with E-state index in [1.807, 2.05) is 11.3 Å². The fourth-order valence-electron chi connectivity index (χ4n) is 5.23. The smallest absolute Gasteiger partial charge is 0.103 e. The van der Waals surface area contributed by atoms with Crippen LogP contribution in [0.4, 0.5) is 5.69 Å². The van der Waals surface area contributed by atoms with E-state index in [1.165, 1.54) is 47.2 Å². The first-order valence-corrected chi connectivity index (χ1v) is 9.88. The van der Waals surface area contributed by atoms with Gasteiger partial charge in [0.05, 0.1) is 11.6 Å². The van der Waals surface area contributed by atoms with Crippen LogP contribution in [0.2, 0.25) is 0 Å². The summed E-state index contributed by atoms with van der Waals surface area (Å²) in [6, 6.07) is 11.8. The van der Waals surface area contributed by atoms with E-state index in [0.29, 0.717) is 6.04 Å². The third-order valence-electron chi connectivity index (χ3n) is 6.24. The van der Waals surface area contributed by atoms with Crippen LogP contribution in [0.25, 0.3) is 10.2 Å². The molecule has 2 aromatic heterocycles. The summed E-state index contributed by atoms with van der Waals surface area (Å²) >= 11 is 2.01. The Balaban J connectivity index is 1.79. The van der Waals surface area contributed by atoms with Crippen molar-refractivity contribution >= 4 is 27.2 Å². The number of aromatic nitrogens is 1. The molecular weight excluding hydrogens is 312 g/mol. The molecule has 1 aromatic carbocycles. The van der Waals surface area contributed by atoms with Gasteiger partial charge in [0.15, 0.2) is 0 Å². The number of rotatable bonds is 1. The predicted octanol–water partition coefficient (Wildman–Crippen LogP) is 5.90. The molecule has 2 aliphatic rings. The second kappa shape index (κ2) is 4.89. The molecule has 124 valence electrons. The van der Waals surface area contributed by atoms with Crippen molar-refractivity contribution in [2.24, 2.45) is 7.05 Å². The lowest BCUT2D eigenvalue weighted by atomic mass is 9.88. The van der Waals surface area contributed by atoms with Gasteiger partial charge in [-0.05, 0) is 44.4 Å². The number of nitrogens with zero attached hydrogens (tertiary/aromatic N) is 2. The number of aryl methyl sites for hydroxylation is 2. The van der Waals surface area contributed by atoms with Crippen molar-refractivity contribution < 1.29 is 0 Å². The number of hydrogen-bond acceptors (Lipinski definition) is 2. The highest BCUT2D eigenvalue weighted by Crippen LogP contribution is 2.60. The van der Waals surface area contributed by atoms with Crippen LogP contribution in [0.15, 0.2) is 36.5 Å². The molecule has 3 aromatic rings. The van der Waals surface area contributed by atoms with Crippen LogP contribution >= 0.6 is 11.3 Å². The van der Waals surface area contributed by atoms with E-state index >= 15 is 0 Å². The molecule has 1 aliphatic carbocycles. The number of benzene rings is 1. The van der Waals surface area contributed by atoms with Crippen LogP contribution in [0.5, 0.6) is 0 Å². The summed E-state index contributed by atoms with van der Waals surface area (Å²) in [5.74, 6) is 0. The molecule has 1 atom stereocenters. The van der Waals surface area contributed by atoms with Gasteiger partial charge in [-0.3, -0.25) is 0 Å². The molecule has 1 aliphatic heterocycles. The van der Waals surface area contributed by atoms with Gasteiger partial charge in [-0.15, -0.1) is 11.3 Å². The topological polar surface area (TPSA) is 8.17 Å². The minimum absolute atomic E-state index is 0.209. The summed E-state index contributed by atoms with van der Waals surface area (Å²) in [5.41, 5.74) is 4.69. The zero-order valence-corrected chi connectivity index (χ0v) is 15.5. The summed E-state index contributed by atoms with van der Waals surface area (Å²) in [5, 5.41) is 1.50. The molecule has 24 heavy (non-hydrogen) atoms. The first-order valence-electron chi connectivity index (χ1n) is 9.07. The maximum Gasteiger partial charge on any atom is 0.103 e. The molecule has 0 radical (unpaired) electrons. The molecule has 3 heterocycles. The molecule has 3 heteroatoms. The maximum absolute atomic E-state index is 2.77. The Hall–Kier alpha value is -1.74. The number of thiophene rings is 1. The first-order chi connectivity index (χ1) is 11.6. The molecule has 0 unspecified atom stereocenters. The fourth-order valence-corrected chi connectivity index (χ4v) is 6.60. The minimum atomic E-state index is 0.209. The molecule has 0 bridgehead atoms. The van der Waals surface area contributed by atoms with Crippen molar-refractivity contribution in [3.05, 3.63) is 52.5 Å². The van der Waals surface area contributed by atoms with E-state index in [4.69, 9.17) is 0 Å². The summed E-state index contributed by atoms with van der Waals surface area (Å²) in [4.78, 5) is 5.81. The summed E-state index contributed by atoms with van der Waals surface area (Å²) in [6.07, 6.45) is 7.50. The van der Waals surface area contributed by atoms with Gasteiger partial charge in [-0.2, -0.15) is 0 Å². The molecule has 0 N–H and O–H groups in total. The average molecular weight is 337 g/mol. The van der Waals surface area contributed by atoms with Crippen LogP contribution in [0.3, 0.4) is 0 Å². The van der Waals surface area contributed by atoms with Crippen molar-refractivity contribution in [3.8, 4) is 0 Å². The summed E-state index contributed by atoms with van der Waals surface area (Å²) in [6.45, 7) is 4.67. The van der Waals surface area contributed by atoms with Crippen LogP contribution in [0, 0.1) is 6.92 Å². The Morgan fingerprint density at radius 1 is 1.12 bits per heavy atom. The van der Waals surface area contributed by atoms with E-state index < -0.39 is 0 Å². The van der Waals surface area contributed by atoms with Crippen molar-refractivity contribution in [3.63, 3.8) is 0 Å². The average Bonchev–Trinajstić information content (AvgIpc) is 3.29. The van der Waals surface area contributed by atoms with Crippen molar-refractivity contribution in [2.45, 2.75) is 51.1 Å². The second-order valence-corrected chi connectivity index (χ2v) is 8.59. The van der Waals surface area contributed by atoms with Crippen LogP contribution in [-0.2, 0) is 12.6 Å². The lowest BCUT2D eigenvalue weighted by molar-refractivity contribution is 0.418. The SMILES string of the molecule is Cc1ccccc1N1[C@@H](C)c2sc3c(ccn3C)c2C12CCCC2. The van der Waals surface area contributed by atoms with Gasteiger partial charge < -0.3 is 9.47 Å². The first kappa shape index (κ1) is 14.6. The maximum atomic E-state index is 2.77. The van der Waals surface area contributed by atoms with Crippen LogP contribution < -0.4 is 4.90 Å². The highest BCUT2D eigenvalue weighted by atomic mass is 32.1. The third kappa shape index (κ3) is 1.66. The van der Waals surface area contributed by atoms with Gasteiger partial charge >= 0.3 is 0 Å². The molecular formula is C21H24N2S. The normalized spacial score (nSPS) is 22.0. The minimum Gasteiger partial charge on any atom is -0.354 e. The highest BCUT2D eigenvalue weighted by molar-refractivity contribution is 7.19. The quantitative estimate of drug-likeness (QED) is 0.537. The number of anilines is 1. The molecule has 1 saturated carbocycles. The lowest BCUT2D eigenvalue weighted by Crippen LogP contribution is -2.40. The molecule has 1 spiro atoms. The van der Waals surface area contributed by atoms with Gasteiger partial charge in [-0.25, -0.2) is 0 Å². The third-order valence-corrected chi connectivity index (χ3v) is 7.70. The summed E-state index contributed by atoms with van der Waals surface area (Å²) in [7, 11) is 2.18. The van der Waals surface area contributed by atoms with Crippen LogP contribution in [0.1, 0.15) is 54.7 Å². The van der Waals surface area contributed by atoms with E-state index in [0.717, 1.165) is 0 Å². The number of hydrogen-bond donors (Lipinski definition) is 0. The van der Waals surface area contributed by atoms with E-state index in [1.54, 1.807) is 10.4 Å². The molecule has 5 rings (SSSR count). The van der Waals surface area contributed by atoms with Crippen molar-refractivity contribution in [1.29, 1.82) is 0 Å². The van der Waals surface area contributed by atoms with Crippen LogP contribution in [-0.4, -0.2) is 4.57 Å².